The van der Waals surface area contributed by atoms with E-state index in [1.54, 1.807) is 5.01 Å². The van der Waals surface area contributed by atoms with Gasteiger partial charge in [-0.15, -0.1) is 0 Å². The number of hydrogen-bond acceptors (Lipinski definition) is 2. The Bertz CT molecular complexity index is 96.3. The summed E-state index contributed by atoms with van der Waals surface area (Å²) in [5.74, 6) is 5.41. The Labute approximate surface area is 43.6 Å². The number of nitrogens with two attached hydrogens (primary N) is 1. The van der Waals surface area contributed by atoms with Crippen LogP contribution in [-0.2, 0) is 0 Å². The average Bonchev–Trinajstić information content (AvgIpc) is 1.87. The Hall–Kier alpha value is -0.340. The normalized spacial score (nSPS) is 22.9. The van der Waals surface area contributed by atoms with E-state index in [-0.39, 0.29) is 0 Å². The van der Waals surface area contributed by atoms with Gasteiger partial charge >= 0.3 is 0 Å². The van der Waals surface area contributed by atoms with Crippen LogP contribution in [0.3, 0.4) is 0 Å². The van der Waals surface area contributed by atoms with E-state index in [0.29, 0.717) is 0 Å². The molecule has 1 heterocycles. The van der Waals surface area contributed by atoms with Crippen LogP contribution in [-0.4, -0.2) is 18.1 Å². The lowest BCUT2D eigenvalue weighted by atomic mass is 10.3. The zero-order chi connectivity index (χ0) is 5.28. The van der Waals surface area contributed by atoms with Crippen molar-refractivity contribution in [2.24, 2.45) is 5.84 Å². The second-order valence-electron chi connectivity index (χ2n) is 1.98. The molecule has 2 N–H and O–H groups in total. The highest BCUT2D eigenvalue weighted by atomic mass is 15.4. The zero-order valence-electron chi connectivity index (χ0n) is 4.52. The van der Waals surface area contributed by atoms with Crippen molar-refractivity contribution in [1.82, 2.24) is 5.01 Å². The molecule has 1 aliphatic heterocycles. The maximum absolute atomic E-state index is 5.41. The quantitative estimate of drug-likeness (QED) is 0.344. The lowest BCUT2D eigenvalue weighted by Gasteiger charge is -2.03. The average molecular weight is 98.1 g/mol. The van der Waals surface area contributed by atoms with E-state index >= 15 is 0 Å². The molecule has 0 radical (unpaired) electrons. The Kier molecular flexibility index (Phi) is 1.13. The third kappa shape index (κ3) is 1.01. The Balaban J connectivity index is 2.42. The number of hydrogen-bond donors (Lipinski definition) is 1. The van der Waals surface area contributed by atoms with Gasteiger partial charge in [-0.1, -0.05) is 11.6 Å². The molecule has 0 aromatic rings. The van der Waals surface area contributed by atoms with Crippen molar-refractivity contribution in [2.45, 2.75) is 6.92 Å². The minimum Gasteiger partial charge on any atom is -0.268 e. The van der Waals surface area contributed by atoms with Gasteiger partial charge in [0.15, 0.2) is 0 Å². The molecular formula is C5H10N2. The summed E-state index contributed by atoms with van der Waals surface area (Å²) in [5, 5.41) is 1.79. The fraction of sp³-hybridized carbons (Fsp3) is 0.600. The lowest BCUT2D eigenvalue weighted by Crippen LogP contribution is -2.27. The van der Waals surface area contributed by atoms with Gasteiger partial charge in [0.1, 0.15) is 0 Å². The zero-order valence-corrected chi connectivity index (χ0v) is 4.52. The molecule has 0 atom stereocenters. The van der Waals surface area contributed by atoms with E-state index in [0.717, 1.165) is 13.1 Å². The molecule has 40 valence electrons. The van der Waals surface area contributed by atoms with Crippen molar-refractivity contribution >= 4 is 0 Å². The Morgan fingerprint density at radius 1 is 1.86 bits per heavy atom. The van der Waals surface area contributed by atoms with Crippen LogP contribution in [0.1, 0.15) is 6.92 Å². The highest BCUT2D eigenvalue weighted by molar-refractivity contribution is 5.06. The molecule has 0 aromatic heterocycles. The van der Waals surface area contributed by atoms with Gasteiger partial charge in [-0.2, -0.15) is 0 Å². The molecule has 1 rings (SSSR count). The van der Waals surface area contributed by atoms with Crippen molar-refractivity contribution in [2.75, 3.05) is 13.1 Å². The van der Waals surface area contributed by atoms with Gasteiger partial charge < -0.3 is 0 Å². The van der Waals surface area contributed by atoms with Crippen molar-refractivity contribution in [1.29, 1.82) is 0 Å². The van der Waals surface area contributed by atoms with E-state index in [2.05, 4.69) is 13.0 Å². The molecule has 1 aliphatic rings. The minimum absolute atomic E-state index is 0.922. The highest BCUT2D eigenvalue weighted by Gasteiger charge is 2.03. The molecule has 0 saturated carbocycles. The lowest BCUT2D eigenvalue weighted by molar-refractivity contribution is 0.365. The van der Waals surface area contributed by atoms with E-state index in [9.17, 15) is 0 Å². The van der Waals surface area contributed by atoms with Gasteiger partial charge in [0, 0.05) is 13.1 Å². The standard InChI is InChI=1S/C5H10N2/c1-5-2-3-7(6)4-5/h2H,3-4,6H2,1H3. The number of hydrazine groups is 1. The predicted octanol–water partition coefficient (Wildman–Crippen LogP) is 0.122. The Morgan fingerprint density at radius 3 is 2.71 bits per heavy atom. The summed E-state index contributed by atoms with van der Waals surface area (Å²) in [6.45, 7) is 3.96. The first-order valence-corrected chi connectivity index (χ1v) is 2.44. The highest BCUT2D eigenvalue weighted by Crippen LogP contribution is 2.01. The van der Waals surface area contributed by atoms with Crippen molar-refractivity contribution < 1.29 is 0 Å². The first-order chi connectivity index (χ1) is 3.29. The van der Waals surface area contributed by atoms with E-state index < -0.39 is 0 Å². The fourth-order valence-corrected chi connectivity index (χ4v) is 0.723. The molecule has 0 spiro atoms. The van der Waals surface area contributed by atoms with Crippen LogP contribution in [0.5, 0.6) is 0 Å². The summed E-state index contributed by atoms with van der Waals surface area (Å²) in [5.41, 5.74) is 1.38. The van der Waals surface area contributed by atoms with Crippen LogP contribution >= 0.6 is 0 Å². The van der Waals surface area contributed by atoms with Gasteiger partial charge in [0.2, 0.25) is 0 Å². The largest absolute Gasteiger partial charge is 0.268 e. The van der Waals surface area contributed by atoms with Gasteiger partial charge in [-0.25, -0.2) is 5.01 Å². The summed E-state index contributed by atoms with van der Waals surface area (Å²) in [6, 6.07) is 0. The minimum atomic E-state index is 0.922. The maximum Gasteiger partial charge on any atom is 0.0340 e. The van der Waals surface area contributed by atoms with Crippen molar-refractivity contribution in [3.05, 3.63) is 11.6 Å². The molecular weight excluding hydrogens is 88.1 g/mol. The molecule has 0 unspecified atom stereocenters. The maximum atomic E-state index is 5.41. The Morgan fingerprint density at radius 2 is 2.57 bits per heavy atom. The molecule has 7 heavy (non-hydrogen) atoms. The summed E-state index contributed by atoms with van der Waals surface area (Å²) < 4.78 is 0. The molecule has 2 nitrogen and oxygen atoms in total. The summed E-state index contributed by atoms with van der Waals surface area (Å²) in [4.78, 5) is 0. The van der Waals surface area contributed by atoms with Crippen LogP contribution in [0, 0.1) is 0 Å². The van der Waals surface area contributed by atoms with Crippen LogP contribution in [0.2, 0.25) is 0 Å². The summed E-state index contributed by atoms with van der Waals surface area (Å²) in [7, 11) is 0. The summed E-state index contributed by atoms with van der Waals surface area (Å²) in [6.07, 6.45) is 2.14. The molecule has 0 bridgehead atoms. The van der Waals surface area contributed by atoms with Gasteiger partial charge in [0.05, 0.1) is 0 Å². The molecule has 0 fully saturated rings. The van der Waals surface area contributed by atoms with Crippen molar-refractivity contribution in [3.8, 4) is 0 Å². The van der Waals surface area contributed by atoms with Crippen LogP contribution in [0.25, 0.3) is 0 Å². The van der Waals surface area contributed by atoms with Gasteiger partial charge in [-0.3, -0.25) is 5.84 Å². The third-order valence-electron chi connectivity index (χ3n) is 1.13. The SMILES string of the molecule is CC1=CCN(N)C1. The topological polar surface area (TPSA) is 29.3 Å². The second-order valence-corrected chi connectivity index (χ2v) is 1.98. The second kappa shape index (κ2) is 1.64. The first kappa shape index (κ1) is 4.81. The van der Waals surface area contributed by atoms with E-state index in [1.807, 2.05) is 0 Å². The smallest absolute Gasteiger partial charge is 0.0340 e. The van der Waals surface area contributed by atoms with E-state index in [1.165, 1.54) is 5.57 Å². The molecule has 0 saturated heterocycles. The summed E-state index contributed by atoms with van der Waals surface area (Å²) >= 11 is 0. The number of rotatable bonds is 0. The van der Waals surface area contributed by atoms with Crippen LogP contribution in [0.4, 0.5) is 0 Å². The third-order valence-corrected chi connectivity index (χ3v) is 1.13. The van der Waals surface area contributed by atoms with Crippen molar-refractivity contribution in [3.63, 3.8) is 0 Å². The van der Waals surface area contributed by atoms with Crippen LogP contribution < -0.4 is 5.84 Å². The van der Waals surface area contributed by atoms with Crippen LogP contribution in [0.15, 0.2) is 11.6 Å². The first-order valence-electron chi connectivity index (χ1n) is 2.44. The monoisotopic (exact) mass is 98.1 g/mol. The predicted molar refractivity (Wildman–Crippen MR) is 29.5 cm³/mol. The fourth-order valence-electron chi connectivity index (χ4n) is 0.723. The molecule has 0 aromatic carbocycles. The van der Waals surface area contributed by atoms with Gasteiger partial charge in [-0.05, 0) is 6.92 Å². The molecule has 0 amide bonds. The number of nitrogens with zero attached hydrogens (tertiary/aromatic N) is 1. The molecule has 0 aliphatic carbocycles. The van der Waals surface area contributed by atoms with Gasteiger partial charge in [0.25, 0.3) is 0 Å². The molecule has 2 heteroatoms. The van der Waals surface area contributed by atoms with E-state index in [4.69, 9.17) is 5.84 Å².